The van der Waals surface area contributed by atoms with Gasteiger partial charge in [0.2, 0.25) is 10.0 Å². The first kappa shape index (κ1) is 17.9. The fourth-order valence-corrected chi connectivity index (χ4v) is 4.67. The highest BCUT2D eigenvalue weighted by Crippen LogP contribution is 2.35. The van der Waals surface area contributed by atoms with Gasteiger partial charge in [-0.3, -0.25) is 4.79 Å². The van der Waals surface area contributed by atoms with Crippen LogP contribution in [-0.4, -0.2) is 25.1 Å². The van der Waals surface area contributed by atoms with Crippen molar-refractivity contribution < 1.29 is 13.2 Å². The van der Waals surface area contributed by atoms with Gasteiger partial charge in [0.1, 0.15) is 0 Å². The van der Waals surface area contributed by atoms with Crippen LogP contribution < -0.4 is 0 Å². The Kier molecular flexibility index (Phi) is 5.08. The van der Waals surface area contributed by atoms with Crippen LogP contribution >= 0.6 is 11.6 Å². The Morgan fingerprint density at radius 2 is 1.72 bits per heavy atom. The van der Waals surface area contributed by atoms with Gasteiger partial charge < -0.3 is 0 Å². The fourth-order valence-electron chi connectivity index (χ4n) is 2.94. The van der Waals surface area contributed by atoms with Gasteiger partial charge in [-0.25, -0.2) is 8.42 Å². The lowest BCUT2D eigenvalue weighted by Crippen LogP contribution is -2.39. The number of rotatable bonds is 4. The molecule has 6 heteroatoms. The number of benzene rings is 2. The van der Waals surface area contributed by atoms with Crippen molar-refractivity contribution in [2.45, 2.75) is 24.3 Å². The standard InChI is InChI=1S/C19H18ClNO3S/c1-14(22)16-7-12-19(15-5-3-2-4-6-15)21(13-16)25(23,24)18-10-8-17(20)9-11-18/h2-11,19H,12-13H2,1H3. The quantitative estimate of drug-likeness (QED) is 0.811. The minimum atomic E-state index is -3.76. The van der Waals surface area contributed by atoms with E-state index in [-0.39, 0.29) is 23.3 Å². The molecule has 1 atom stereocenters. The van der Waals surface area contributed by atoms with E-state index in [2.05, 4.69) is 0 Å². The van der Waals surface area contributed by atoms with E-state index in [4.69, 9.17) is 11.6 Å². The van der Waals surface area contributed by atoms with Gasteiger partial charge >= 0.3 is 0 Å². The van der Waals surface area contributed by atoms with Crippen LogP contribution in [0.15, 0.2) is 71.1 Å². The summed E-state index contributed by atoms with van der Waals surface area (Å²) in [5.74, 6) is -0.109. The van der Waals surface area contributed by atoms with Crippen LogP contribution in [0, 0.1) is 0 Å². The third-order valence-corrected chi connectivity index (χ3v) is 6.44. The van der Waals surface area contributed by atoms with Gasteiger partial charge in [0.05, 0.1) is 10.9 Å². The van der Waals surface area contributed by atoms with Gasteiger partial charge in [0, 0.05) is 17.1 Å². The maximum Gasteiger partial charge on any atom is 0.243 e. The summed E-state index contributed by atoms with van der Waals surface area (Å²) in [6.07, 6.45) is 2.31. The maximum atomic E-state index is 13.2. The van der Waals surface area contributed by atoms with Crippen molar-refractivity contribution in [2.24, 2.45) is 0 Å². The van der Waals surface area contributed by atoms with Gasteiger partial charge in [-0.05, 0) is 43.2 Å². The van der Waals surface area contributed by atoms with Crippen molar-refractivity contribution in [2.75, 3.05) is 6.54 Å². The van der Waals surface area contributed by atoms with E-state index < -0.39 is 10.0 Å². The highest BCUT2D eigenvalue weighted by atomic mass is 35.5. The Morgan fingerprint density at radius 3 is 2.32 bits per heavy atom. The molecule has 0 N–H and O–H groups in total. The second-order valence-corrected chi connectivity index (χ2v) is 8.28. The monoisotopic (exact) mass is 375 g/mol. The molecule has 130 valence electrons. The number of hydrogen-bond donors (Lipinski definition) is 0. The molecule has 0 saturated heterocycles. The molecule has 0 spiro atoms. The summed E-state index contributed by atoms with van der Waals surface area (Å²) >= 11 is 5.87. The molecule has 3 rings (SSSR count). The third kappa shape index (κ3) is 3.68. The molecule has 1 unspecified atom stereocenters. The van der Waals surface area contributed by atoms with E-state index in [1.165, 1.54) is 23.4 Å². The predicted octanol–water partition coefficient (Wildman–Crippen LogP) is 3.99. The molecule has 0 saturated carbocycles. The van der Waals surface area contributed by atoms with Crippen molar-refractivity contribution in [1.82, 2.24) is 4.31 Å². The summed E-state index contributed by atoms with van der Waals surface area (Å²) in [6, 6.07) is 15.2. The van der Waals surface area contributed by atoms with Crippen molar-refractivity contribution in [3.63, 3.8) is 0 Å². The number of ketones is 1. The molecule has 0 amide bonds. The first-order valence-corrected chi connectivity index (χ1v) is 9.74. The zero-order valence-corrected chi connectivity index (χ0v) is 15.3. The molecule has 1 aliphatic rings. The molecule has 2 aromatic carbocycles. The zero-order valence-electron chi connectivity index (χ0n) is 13.7. The second kappa shape index (κ2) is 7.12. The number of carbonyl (C=O) groups is 1. The summed E-state index contributed by atoms with van der Waals surface area (Å²) in [5, 5.41) is 0.474. The van der Waals surface area contributed by atoms with E-state index in [1.54, 1.807) is 12.1 Å². The van der Waals surface area contributed by atoms with Gasteiger partial charge in [-0.2, -0.15) is 4.31 Å². The van der Waals surface area contributed by atoms with Crippen LogP contribution in [0.1, 0.15) is 24.9 Å². The SMILES string of the molecule is CC(=O)C1=CCC(c2ccccc2)N(S(=O)(=O)c2ccc(Cl)cc2)C1. The van der Waals surface area contributed by atoms with Crippen molar-refractivity contribution in [3.8, 4) is 0 Å². The number of nitrogens with zero attached hydrogens (tertiary/aromatic N) is 1. The number of sulfonamides is 1. The topological polar surface area (TPSA) is 54.5 Å². The molecule has 0 bridgehead atoms. The first-order valence-electron chi connectivity index (χ1n) is 7.92. The smallest absolute Gasteiger partial charge is 0.243 e. The second-order valence-electron chi connectivity index (χ2n) is 5.95. The summed E-state index contributed by atoms with van der Waals surface area (Å²) < 4.78 is 27.8. The van der Waals surface area contributed by atoms with Crippen LogP contribution in [0.4, 0.5) is 0 Å². The molecule has 0 aromatic heterocycles. The van der Waals surface area contributed by atoms with E-state index in [0.29, 0.717) is 17.0 Å². The zero-order chi connectivity index (χ0) is 18.0. The summed E-state index contributed by atoms with van der Waals surface area (Å²) in [5.41, 5.74) is 1.42. The average Bonchev–Trinajstić information content (AvgIpc) is 2.62. The third-order valence-electron chi connectivity index (χ3n) is 4.32. The fraction of sp³-hybridized carbons (Fsp3) is 0.211. The lowest BCUT2D eigenvalue weighted by atomic mass is 9.97. The van der Waals surface area contributed by atoms with Crippen LogP contribution in [0.5, 0.6) is 0 Å². The van der Waals surface area contributed by atoms with Crippen LogP contribution in [0.2, 0.25) is 5.02 Å². The Bertz CT molecular complexity index is 905. The molecule has 1 heterocycles. The lowest BCUT2D eigenvalue weighted by molar-refractivity contribution is -0.113. The summed E-state index contributed by atoms with van der Waals surface area (Å²) in [6.45, 7) is 1.53. The van der Waals surface area contributed by atoms with E-state index in [0.717, 1.165) is 5.56 Å². The van der Waals surface area contributed by atoms with Gasteiger partial charge in [-0.15, -0.1) is 0 Å². The Hall–Kier alpha value is -1.95. The molecule has 2 aromatic rings. The normalized spacial score (nSPS) is 18.6. The van der Waals surface area contributed by atoms with Gasteiger partial charge in [0.25, 0.3) is 0 Å². The van der Waals surface area contributed by atoms with Gasteiger partial charge in [-0.1, -0.05) is 48.0 Å². The van der Waals surface area contributed by atoms with Crippen LogP contribution in [-0.2, 0) is 14.8 Å². The minimum Gasteiger partial charge on any atom is -0.295 e. The lowest BCUT2D eigenvalue weighted by Gasteiger charge is -2.34. The molecule has 25 heavy (non-hydrogen) atoms. The Labute approximate surface area is 152 Å². The number of carbonyl (C=O) groups excluding carboxylic acids is 1. The first-order chi connectivity index (χ1) is 11.9. The largest absolute Gasteiger partial charge is 0.295 e. The highest BCUT2D eigenvalue weighted by Gasteiger charge is 2.35. The number of halogens is 1. The molecular weight excluding hydrogens is 358 g/mol. The molecular formula is C19H18ClNO3S. The van der Waals surface area contributed by atoms with Gasteiger partial charge in [0.15, 0.2) is 5.78 Å². The number of hydrogen-bond acceptors (Lipinski definition) is 3. The Balaban J connectivity index is 2.06. The van der Waals surface area contributed by atoms with E-state index >= 15 is 0 Å². The predicted molar refractivity (Wildman–Crippen MR) is 97.9 cm³/mol. The molecule has 1 aliphatic heterocycles. The highest BCUT2D eigenvalue weighted by molar-refractivity contribution is 7.89. The average molecular weight is 376 g/mol. The van der Waals surface area contributed by atoms with Crippen LogP contribution in [0.25, 0.3) is 0 Å². The van der Waals surface area contributed by atoms with E-state index in [1.807, 2.05) is 36.4 Å². The molecule has 0 radical (unpaired) electrons. The molecule has 0 fully saturated rings. The van der Waals surface area contributed by atoms with Crippen molar-refractivity contribution >= 4 is 27.4 Å². The van der Waals surface area contributed by atoms with Crippen molar-refractivity contribution in [3.05, 3.63) is 76.8 Å². The van der Waals surface area contributed by atoms with Crippen molar-refractivity contribution in [1.29, 1.82) is 0 Å². The maximum absolute atomic E-state index is 13.2. The summed E-state index contributed by atoms with van der Waals surface area (Å²) in [7, 11) is -3.76. The molecule has 0 aliphatic carbocycles. The van der Waals surface area contributed by atoms with E-state index in [9.17, 15) is 13.2 Å². The van der Waals surface area contributed by atoms with Crippen LogP contribution in [0.3, 0.4) is 0 Å². The number of Topliss-reactive ketones (excluding diaryl/α,β-unsaturated/α-hetero) is 1. The Morgan fingerprint density at radius 1 is 1.08 bits per heavy atom. The summed E-state index contributed by atoms with van der Waals surface area (Å²) in [4.78, 5) is 12.0. The minimum absolute atomic E-state index is 0.0693. The molecule has 4 nitrogen and oxygen atoms in total.